The van der Waals surface area contributed by atoms with Crippen LogP contribution in [0.15, 0.2) is 24.3 Å². The van der Waals surface area contributed by atoms with Gasteiger partial charge in [-0.25, -0.2) is 13.5 Å². The highest BCUT2D eigenvalue weighted by atomic mass is 19.1. The Kier molecular flexibility index (Phi) is 2.60. The Balaban J connectivity index is 2.57. The highest BCUT2D eigenvalue weighted by molar-refractivity contribution is 5.43. The SMILES string of the molecule is CCc1cc(N)n(-c2cc(F)ccc2F)n1. The Morgan fingerprint density at radius 2 is 2.06 bits per heavy atom. The van der Waals surface area contributed by atoms with Crippen molar-refractivity contribution < 1.29 is 8.78 Å². The molecule has 2 aromatic rings. The van der Waals surface area contributed by atoms with Gasteiger partial charge in [0.05, 0.1) is 5.69 Å². The fraction of sp³-hybridized carbons (Fsp3) is 0.182. The molecule has 0 saturated heterocycles. The van der Waals surface area contributed by atoms with E-state index in [1.165, 1.54) is 4.68 Å². The number of anilines is 1. The van der Waals surface area contributed by atoms with Crippen molar-refractivity contribution in [2.45, 2.75) is 13.3 Å². The van der Waals surface area contributed by atoms with Gasteiger partial charge in [0.1, 0.15) is 23.1 Å². The van der Waals surface area contributed by atoms with Gasteiger partial charge >= 0.3 is 0 Å². The summed E-state index contributed by atoms with van der Waals surface area (Å²) in [7, 11) is 0. The van der Waals surface area contributed by atoms with Crippen molar-refractivity contribution in [3.8, 4) is 5.69 Å². The topological polar surface area (TPSA) is 43.8 Å². The largest absolute Gasteiger partial charge is 0.384 e. The number of halogens is 2. The second-order valence-electron chi connectivity index (χ2n) is 3.42. The summed E-state index contributed by atoms with van der Waals surface area (Å²) in [5.41, 5.74) is 6.44. The molecule has 2 N–H and O–H groups in total. The Morgan fingerprint density at radius 1 is 1.31 bits per heavy atom. The molecule has 0 fully saturated rings. The molecule has 0 aliphatic rings. The van der Waals surface area contributed by atoms with Crippen LogP contribution in [0, 0.1) is 11.6 Å². The van der Waals surface area contributed by atoms with Crippen LogP contribution < -0.4 is 5.73 Å². The molecule has 1 aromatic carbocycles. The molecule has 1 heterocycles. The van der Waals surface area contributed by atoms with Crippen LogP contribution in [0.2, 0.25) is 0 Å². The smallest absolute Gasteiger partial charge is 0.149 e. The van der Waals surface area contributed by atoms with E-state index in [1.54, 1.807) is 6.07 Å². The van der Waals surface area contributed by atoms with Crippen LogP contribution in [-0.4, -0.2) is 9.78 Å². The average Bonchev–Trinajstić information content (AvgIpc) is 2.63. The van der Waals surface area contributed by atoms with Crippen LogP contribution in [0.4, 0.5) is 14.6 Å². The van der Waals surface area contributed by atoms with E-state index in [9.17, 15) is 8.78 Å². The van der Waals surface area contributed by atoms with Crippen LogP contribution in [0.25, 0.3) is 5.69 Å². The van der Waals surface area contributed by atoms with Crippen molar-refractivity contribution in [3.63, 3.8) is 0 Å². The van der Waals surface area contributed by atoms with Crippen LogP contribution in [0.1, 0.15) is 12.6 Å². The first-order valence-electron chi connectivity index (χ1n) is 4.91. The van der Waals surface area contributed by atoms with E-state index in [-0.39, 0.29) is 5.69 Å². The lowest BCUT2D eigenvalue weighted by Gasteiger charge is -2.05. The van der Waals surface area contributed by atoms with Gasteiger partial charge in [0.2, 0.25) is 0 Å². The maximum absolute atomic E-state index is 13.5. The molecule has 0 saturated carbocycles. The fourth-order valence-corrected chi connectivity index (χ4v) is 1.46. The van der Waals surface area contributed by atoms with E-state index in [0.29, 0.717) is 12.2 Å². The first-order chi connectivity index (χ1) is 7.61. The Hall–Kier alpha value is -1.91. The molecule has 84 valence electrons. The van der Waals surface area contributed by atoms with Crippen LogP contribution in [0.5, 0.6) is 0 Å². The summed E-state index contributed by atoms with van der Waals surface area (Å²) in [5.74, 6) is -0.787. The predicted molar refractivity (Wildman–Crippen MR) is 57.3 cm³/mol. The van der Waals surface area contributed by atoms with E-state index in [1.807, 2.05) is 6.92 Å². The molecular weight excluding hydrogens is 212 g/mol. The molecule has 1 aromatic heterocycles. The fourth-order valence-electron chi connectivity index (χ4n) is 1.46. The van der Waals surface area contributed by atoms with E-state index >= 15 is 0 Å². The van der Waals surface area contributed by atoms with E-state index < -0.39 is 11.6 Å². The number of aryl methyl sites for hydroxylation is 1. The summed E-state index contributed by atoms with van der Waals surface area (Å²) in [6.07, 6.45) is 0.689. The summed E-state index contributed by atoms with van der Waals surface area (Å²) in [5, 5.41) is 4.09. The zero-order valence-corrected chi connectivity index (χ0v) is 8.74. The van der Waals surface area contributed by atoms with Crippen LogP contribution >= 0.6 is 0 Å². The summed E-state index contributed by atoms with van der Waals surface area (Å²) < 4.78 is 27.7. The van der Waals surface area contributed by atoms with Crippen LogP contribution in [0.3, 0.4) is 0 Å². The number of rotatable bonds is 2. The van der Waals surface area contributed by atoms with Gasteiger partial charge in [0.15, 0.2) is 0 Å². The Morgan fingerprint density at radius 3 is 2.69 bits per heavy atom. The predicted octanol–water partition coefficient (Wildman–Crippen LogP) is 2.30. The molecule has 0 atom stereocenters. The van der Waals surface area contributed by atoms with Crippen molar-refractivity contribution in [3.05, 3.63) is 41.6 Å². The van der Waals surface area contributed by atoms with Crippen molar-refractivity contribution in [1.29, 1.82) is 0 Å². The van der Waals surface area contributed by atoms with E-state index in [0.717, 1.165) is 23.9 Å². The molecule has 3 nitrogen and oxygen atoms in total. The molecule has 0 radical (unpaired) electrons. The summed E-state index contributed by atoms with van der Waals surface area (Å²) in [4.78, 5) is 0. The second-order valence-corrected chi connectivity index (χ2v) is 3.42. The van der Waals surface area contributed by atoms with Gasteiger partial charge in [0, 0.05) is 12.1 Å². The second kappa shape index (κ2) is 3.92. The molecule has 0 spiro atoms. The molecule has 0 aliphatic carbocycles. The highest BCUT2D eigenvalue weighted by Crippen LogP contribution is 2.18. The van der Waals surface area contributed by atoms with Crippen molar-refractivity contribution in [2.24, 2.45) is 0 Å². The molecule has 0 amide bonds. The lowest BCUT2D eigenvalue weighted by molar-refractivity contribution is 0.587. The quantitative estimate of drug-likeness (QED) is 0.848. The Bertz CT molecular complexity index is 520. The third-order valence-electron chi connectivity index (χ3n) is 2.29. The van der Waals surface area contributed by atoms with Crippen molar-refractivity contribution in [1.82, 2.24) is 9.78 Å². The number of benzene rings is 1. The standard InChI is InChI=1S/C11H11F2N3/c1-2-8-6-11(14)16(15-8)10-5-7(12)3-4-9(10)13/h3-6H,2,14H2,1H3. The molecule has 0 bridgehead atoms. The molecule has 0 unspecified atom stereocenters. The summed E-state index contributed by atoms with van der Waals surface area (Å²) in [6.45, 7) is 1.91. The number of nitrogen functional groups attached to an aromatic ring is 1. The normalized spacial score (nSPS) is 10.7. The maximum atomic E-state index is 13.5. The van der Waals surface area contributed by atoms with Gasteiger partial charge in [-0.3, -0.25) is 0 Å². The monoisotopic (exact) mass is 223 g/mol. The number of nitrogens with two attached hydrogens (primary N) is 1. The third kappa shape index (κ3) is 1.76. The average molecular weight is 223 g/mol. The number of hydrogen-bond donors (Lipinski definition) is 1. The van der Waals surface area contributed by atoms with Gasteiger partial charge in [-0.15, -0.1) is 0 Å². The van der Waals surface area contributed by atoms with Gasteiger partial charge in [-0.05, 0) is 18.6 Å². The molecular formula is C11H11F2N3. The van der Waals surface area contributed by atoms with E-state index in [2.05, 4.69) is 5.10 Å². The minimum Gasteiger partial charge on any atom is -0.384 e. The zero-order chi connectivity index (χ0) is 11.7. The number of hydrogen-bond acceptors (Lipinski definition) is 2. The van der Waals surface area contributed by atoms with E-state index in [4.69, 9.17) is 5.73 Å². The van der Waals surface area contributed by atoms with Crippen LogP contribution in [-0.2, 0) is 6.42 Å². The van der Waals surface area contributed by atoms with Gasteiger partial charge < -0.3 is 5.73 Å². The van der Waals surface area contributed by atoms with Gasteiger partial charge in [-0.1, -0.05) is 6.92 Å². The van der Waals surface area contributed by atoms with Crippen molar-refractivity contribution in [2.75, 3.05) is 5.73 Å². The lowest BCUT2D eigenvalue weighted by Crippen LogP contribution is -2.04. The van der Waals surface area contributed by atoms with Gasteiger partial charge in [0.25, 0.3) is 0 Å². The minimum absolute atomic E-state index is 0.0252. The van der Waals surface area contributed by atoms with Gasteiger partial charge in [-0.2, -0.15) is 5.10 Å². The maximum Gasteiger partial charge on any atom is 0.149 e. The minimum atomic E-state index is -0.557. The first kappa shape index (κ1) is 10.6. The highest BCUT2D eigenvalue weighted by Gasteiger charge is 2.11. The first-order valence-corrected chi connectivity index (χ1v) is 4.91. The third-order valence-corrected chi connectivity index (χ3v) is 2.29. The molecule has 5 heteroatoms. The van der Waals surface area contributed by atoms with Crippen molar-refractivity contribution >= 4 is 5.82 Å². The summed E-state index contributed by atoms with van der Waals surface area (Å²) >= 11 is 0. The summed E-state index contributed by atoms with van der Waals surface area (Å²) in [6, 6.07) is 4.82. The molecule has 0 aliphatic heterocycles. The number of aromatic nitrogens is 2. The number of nitrogens with zero attached hydrogens (tertiary/aromatic N) is 2. The Labute approximate surface area is 91.5 Å². The zero-order valence-electron chi connectivity index (χ0n) is 8.74. The lowest BCUT2D eigenvalue weighted by atomic mass is 10.3. The molecule has 2 rings (SSSR count). The molecule has 16 heavy (non-hydrogen) atoms.